The number of unbranched alkanes of at least 4 members (excludes halogenated alkanes) is 7. The highest BCUT2D eigenvalue weighted by atomic mass is 32.1. The molecule has 1 aromatic carbocycles. The van der Waals surface area contributed by atoms with Gasteiger partial charge in [0.1, 0.15) is 24.6 Å². The number of imidazole rings is 1. The van der Waals surface area contributed by atoms with Crippen molar-refractivity contribution in [3.8, 4) is 0 Å². The van der Waals surface area contributed by atoms with E-state index in [-0.39, 0.29) is 0 Å². The van der Waals surface area contributed by atoms with Gasteiger partial charge in [-0.15, -0.1) is 0 Å². The van der Waals surface area contributed by atoms with E-state index in [0.29, 0.717) is 22.1 Å². The molecule has 0 bridgehead atoms. The fraction of sp³-hybridized carbons (Fsp3) is 0.536. The van der Waals surface area contributed by atoms with E-state index in [1.54, 1.807) is 4.57 Å². The number of aliphatic hydroxyl groups is 3. The standard InChI is InChI=1S/C28H38N8O4S2/c37-15-21-23(38)24(39)27(40-21)36-17-33-22-25(31-16-32-26(22)36)29-13-7-5-3-1-2-4-6-8-14-30-28(42)35-20-11-9-19(10-12-20)34-18-41/h9-12,16-17,21,23-24,27,37-39H,1-8,13-15H2,(H,29,31,32)(H2,30,35,42). The highest BCUT2D eigenvalue weighted by Crippen LogP contribution is 2.32. The molecule has 0 radical (unpaired) electrons. The molecule has 4 rings (SSSR count). The maximum Gasteiger partial charge on any atom is 0.170 e. The molecule has 12 nitrogen and oxygen atoms in total. The Hall–Kier alpha value is -3.10. The van der Waals surface area contributed by atoms with Crippen LogP contribution in [0.5, 0.6) is 0 Å². The van der Waals surface area contributed by atoms with Crippen LogP contribution in [-0.4, -0.2) is 83.1 Å². The van der Waals surface area contributed by atoms with Crippen LogP contribution in [0, 0.1) is 0 Å². The first kappa shape index (κ1) is 31.8. The zero-order valence-corrected chi connectivity index (χ0v) is 25.0. The molecular formula is C28H38N8O4S2. The van der Waals surface area contributed by atoms with Crippen LogP contribution < -0.4 is 16.0 Å². The average Bonchev–Trinajstić information content (AvgIpc) is 3.55. The number of benzene rings is 1. The Morgan fingerprint density at radius 2 is 1.64 bits per heavy atom. The van der Waals surface area contributed by atoms with Gasteiger partial charge in [-0.3, -0.25) is 4.57 Å². The van der Waals surface area contributed by atoms with E-state index in [9.17, 15) is 15.3 Å². The zero-order chi connectivity index (χ0) is 29.7. The first-order valence-corrected chi connectivity index (χ1v) is 15.1. The number of nitrogens with zero attached hydrogens (tertiary/aromatic N) is 5. The average molecular weight is 615 g/mol. The predicted molar refractivity (Wildman–Crippen MR) is 169 cm³/mol. The number of hydrogen-bond donors (Lipinski definition) is 6. The van der Waals surface area contributed by atoms with Gasteiger partial charge in [-0.1, -0.05) is 38.5 Å². The summed E-state index contributed by atoms with van der Waals surface area (Å²) in [5.41, 5.74) is 2.72. The normalized spacial score (nSPS) is 19.9. The Balaban J connectivity index is 1.04. The Bertz CT molecular complexity index is 1340. The van der Waals surface area contributed by atoms with Crippen LogP contribution in [0.2, 0.25) is 0 Å². The second kappa shape index (κ2) is 16.5. The summed E-state index contributed by atoms with van der Waals surface area (Å²) in [6.45, 7) is 1.22. The van der Waals surface area contributed by atoms with Gasteiger partial charge in [-0.05, 0) is 61.5 Å². The molecule has 226 valence electrons. The van der Waals surface area contributed by atoms with Crippen molar-refractivity contribution in [3.63, 3.8) is 0 Å². The second-order valence-corrected chi connectivity index (χ2v) is 10.8. The van der Waals surface area contributed by atoms with Crippen molar-refractivity contribution in [3.05, 3.63) is 36.9 Å². The van der Waals surface area contributed by atoms with Crippen LogP contribution in [0.3, 0.4) is 0 Å². The van der Waals surface area contributed by atoms with Gasteiger partial charge < -0.3 is 36.0 Å². The van der Waals surface area contributed by atoms with E-state index in [4.69, 9.17) is 17.0 Å². The first-order chi connectivity index (χ1) is 20.5. The fourth-order valence-corrected chi connectivity index (χ4v) is 5.17. The van der Waals surface area contributed by atoms with Gasteiger partial charge in [0.2, 0.25) is 0 Å². The van der Waals surface area contributed by atoms with E-state index in [0.717, 1.165) is 43.7 Å². The number of anilines is 2. The number of isothiocyanates is 1. The summed E-state index contributed by atoms with van der Waals surface area (Å²) in [5.74, 6) is 0.614. The van der Waals surface area contributed by atoms with Crippen molar-refractivity contribution >= 4 is 63.1 Å². The molecule has 0 aliphatic carbocycles. The molecule has 3 heterocycles. The molecule has 2 aromatic heterocycles. The summed E-state index contributed by atoms with van der Waals surface area (Å²) in [6.07, 6.45) is 8.00. The van der Waals surface area contributed by atoms with Crippen LogP contribution in [0.1, 0.15) is 57.6 Å². The molecular weight excluding hydrogens is 576 g/mol. The molecule has 42 heavy (non-hydrogen) atoms. The van der Waals surface area contributed by atoms with Crippen molar-refractivity contribution in [2.45, 2.75) is 75.9 Å². The molecule has 1 aliphatic heterocycles. The van der Waals surface area contributed by atoms with E-state index in [1.807, 2.05) is 24.3 Å². The third kappa shape index (κ3) is 8.71. The van der Waals surface area contributed by atoms with Crippen LogP contribution >= 0.6 is 24.4 Å². The molecule has 4 unspecified atom stereocenters. The van der Waals surface area contributed by atoms with E-state index in [1.165, 1.54) is 44.8 Å². The van der Waals surface area contributed by atoms with Crippen molar-refractivity contribution in [1.29, 1.82) is 0 Å². The summed E-state index contributed by atoms with van der Waals surface area (Å²) in [4.78, 5) is 16.9. The number of aliphatic imine (C=N–C) groups is 1. The molecule has 1 aliphatic rings. The lowest BCUT2D eigenvalue weighted by Crippen LogP contribution is -2.33. The van der Waals surface area contributed by atoms with E-state index in [2.05, 4.69) is 53.3 Å². The maximum absolute atomic E-state index is 10.4. The minimum atomic E-state index is -1.20. The van der Waals surface area contributed by atoms with Crippen LogP contribution in [0.25, 0.3) is 11.2 Å². The molecule has 3 aromatic rings. The number of thiocarbonyl (C=S) groups is 2. The highest BCUT2D eigenvalue weighted by Gasteiger charge is 2.44. The lowest BCUT2D eigenvalue weighted by Gasteiger charge is -2.16. The second-order valence-electron chi connectivity index (χ2n) is 10.2. The number of ether oxygens (including phenoxy) is 1. The summed E-state index contributed by atoms with van der Waals surface area (Å²) >= 11 is 9.97. The molecule has 14 heteroatoms. The Morgan fingerprint density at radius 1 is 0.952 bits per heavy atom. The minimum Gasteiger partial charge on any atom is -0.394 e. The van der Waals surface area contributed by atoms with E-state index < -0.39 is 31.1 Å². The molecule has 1 saturated heterocycles. The number of aliphatic hydroxyl groups excluding tert-OH is 3. The quantitative estimate of drug-likeness (QED) is 0.0790. The monoisotopic (exact) mass is 614 g/mol. The molecule has 0 amide bonds. The van der Waals surface area contributed by atoms with Gasteiger partial charge in [-0.25, -0.2) is 15.0 Å². The largest absolute Gasteiger partial charge is 0.394 e. The Labute approximate surface area is 255 Å². The van der Waals surface area contributed by atoms with Crippen molar-refractivity contribution in [2.24, 2.45) is 4.99 Å². The lowest BCUT2D eigenvalue weighted by atomic mass is 10.1. The zero-order valence-electron chi connectivity index (χ0n) is 23.4. The van der Waals surface area contributed by atoms with Crippen molar-refractivity contribution < 1.29 is 20.1 Å². The highest BCUT2D eigenvalue weighted by molar-refractivity contribution is 7.80. The minimum absolute atomic E-state index is 0.391. The lowest BCUT2D eigenvalue weighted by molar-refractivity contribution is -0.0511. The molecule has 0 saturated carbocycles. The number of fused-ring (bicyclic) bond motifs is 1. The molecule has 4 atom stereocenters. The SMILES string of the molecule is OCC1OC(n2cnc3c(NCCCCCCCCCCNC(=S)Nc4ccc(N=C=S)cc4)ncnc32)C(O)C1O. The van der Waals surface area contributed by atoms with E-state index >= 15 is 0 Å². The Kier molecular flexibility index (Phi) is 12.5. The third-order valence-corrected chi connectivity index (χ3v) is 7.47. The summed E-state index contributed by atoms with van der Waals surface area (Å²) in [7, 11) is 0. The number of aromatic nitrogens is 4. The van der Waals surface area contributed by atoms with Gasteiger partial charge in [0.25, 0.3) is 0 Å². The fourth-order valence-electron chi connectivity index (χ4n) is 4.84. The van der Waals surface area contributed by atoms with Gasteiger partial charge in [0.15, 0.2) is 28.3 Å². The molecule has 0 spiro atoms. The van der Waals surface area contributed by atoms with Crippen molar-refractivity contribution in [1.82, 2.24) is 24.8 Å². The summed E-state index contributed by atoms with van der Waals surface area (Å²) in [6, 6.07) is 7.52. The smallest absolute Gasteiger partial charge is 0.170 e. The topological polar surface area (TPSA) is 162 Å². The van der Waals surface area contributed by atoms with Crippen LogP contribution in [-0.2, 0) is 4.74 Å². The van der Waals surface area contributed by atoms with Crippen LogP contribution in [0.15, 0.2) is 41.9 Å². The van der Waals surface area contributed by atoms with Gasteiger partial charge in [0, 0.05) is 18.8 Å². The predicted octanol–water partition coefficient (Wildman–Crippen LogP) is 3.69. The number of hydrogen-bond acceptors (Lipinski definition) is 11. The first-order valence-electron chi connectivity index (χ1n) is 14.3. The maximum atomic E-state index is 10.4. The Morgan fingerprint density at radius 3 is 2.31 bits per heavy atom. The van der Waals surface area contributed by atoms with Gasteiger partial charge in [0.05, 0.1) is 23.8 Å². The summed E-state index contributed by atoms with van der Waals surface area (Å²) in [5, 5.41) is 42.5. The van der Waals surface area contributed by atoms with Crippen molar-refractivity contribution in [2.75, 3.05) is 30.3 Å². The number of nitrogens with one attached hydrogen (secondary N) is 3. The van der Waals surface area contributed by atoms with Gasteiger partial charge in [-0.2, -0.15) is 4.99 Å². The number of rotatable bonds is 16. The molecule has 6 N–H and O–H groups in total. The van der Waals surface area contributed by atoms with Crippen LogP contribution in [0.4, 0.5) is 17.2 Å². The third-order valence-electron chi connectivity index (χ3n) is 7.13. The summed E-state index contributed by atoms with van der Waals surface area (Å²) < 4.78 is 7.18. The molecule has 1 fully saturated rings. The van der Waals surface area contributed by atoms with Gasteiger partial charge >= 0.3 is 0 Å².